The normalized spacial score (nSPS) is 18.6. The largest absolute Gasteiger partial charge is 0.530 e. The van der Waals surface area contributed by atoms with Gasteiger partial charge >= 0.3 is 7.12 Å². The molecule has 0 spiro atoms. The maximum absolute atomic E-state index is 6.79. The van der Waals surface area contributed by atoms with E-state index < -0.39 is 26.6 Å². The first-order valence-corrected chi connectivity index (χ1v) is 13.9. The van der Waals surface area contributed by atoms with Crippen LogP contribution < -0.4 is 9.89 Å². The Kier molecular flexibility index (Phi) is 6.63. The zero-order valence-corrected chi connectivity index (χ0v) is 22.4. The molecule has 1 aliphatic heterocycles. The third-order valence-corrected chi connectivity index (χ3v) is 13.5. The molecule has 1 aliphatic rings. The minimum Gasteiger partial charge on any atom is -0.530 e. The monoisotopic (exact) mass is 461 g/mol. The fraction of sp³-hybridized carbons (Fsp3) is 0.625. The van der Waals surface area contributed by atoms with Crippen molar-refractivity contribution in [3.8, 4) is 5.88 Å². The van der Waals surface area contributed by atoms with E-state index in [2.05, 4.69) is 69.2 Å². The molecular weight excluding hydrogens is 425 g/mol. The Balaban J connectivity index is 2.05. The van der Waals surface area contributed by atoms with Crippen molar-refractivity contribution in [1.29, 1.82) is 0 Å². The number of rotatable bonds is 6. The molecule has 0 bridgehead atoms. The number of halogens is 1. The summed E-state index contributed by atoms with van der Waals surface area (Å²) >= 11 is 6.52. The van der Waals surface area contributed by atoms with Crippen LogP contribution in [0.5, 0.6) is 5.88 Å². The summed E-state index contributed by atoms with van der Waals surface area (Å²) in [5.74, 6) is 0.678. The van der Waals surface area contributed by atoms with Gasteiger partial charge in [-0.15, -0.1) is 0 Å². The topological polar surface area (TPSA) is 40.6 Å². The molecule has 2 aromatic rings. The molecule has 1 saturated heterocycles. The van der Waals surface area contributed by atoms with Gasteiger partial charge in [-0.1, -0.05) is 53.1 Å². The van der Waals surface area contributed by atoms with Crippen LogP contribution in [0, 0.1) is 0 Å². The van der Waals surface area contributed by atoms with Crippen molar-refractivity contribution in [3.63, 3.8) is 0 Å². The third kappa shape index (κ3) is 4.29. The predicted molar refractivity (Wildman–Crippen MR) is 134 cm³/mol. The van der Waals surface area contributed by atoms with Gasteiger partial charge in [0.15, 0.2) is 5.88 Å². The molecule has 0 saturated carbocycles. The van der Waals surface area contributed by atoms with Crippen molar-refractivity contribution in [1.82, 2.24) is 4.98 Å². The summed E-state index contributed by atoms with van der Waals surface area (Å²) in [6.45, 7) is 21.9. The van der Waals surface area contributed by atoms with Crippen LogP contribution in [-0.4, -0.2) is 31.6 Å². The Morgan fingerprint density at radius 3 is 1.90 bits per heavy atom. The summed E-state index contributed by atoms with van der Waals surface area (Å²) in [6.07, 6.45) is 1.88. The van der Waals surface area contributed by atoms with E-state index in [9.17, 15) is 0 Å². The molecule has 1 fully saturated rings. The second-order valence-corrected chi connectivity index (χ2v) is 16.6. The van der Waals surface area contributed by atoms with E-state index in [0.717, 1.165) is 16.2 Å². The van der Waals surface area contributed by atoms with Crippen molar-refractivity contribution in [2.24, 2.45) is 0 Å². The van der Waals surface area contributed by atoms with Crippen LogP contribution in [0.2, 0.25) is 21.6 Å². The van der Waals surface area contributed by atoms with E-state index in [-0.39, 0.29) is 0 Å². The van der Waals surface area contributed by atoms with Crippen LogP contribution in [0.4, 0.5) is 0 Å². The SMILES string of the molecule is CC(C)[Si](Oc1cc2cc(Cl)cc(B3OC(C)(C)C(C)(C)O3)c2cn1)(C(C)C)C(C)C. The van der Waals surface area contributed by atoms with Gasteiger partial charge in [0, 0.05) is 22.7 Å². The Hall–Kier alpha value is -1.08. The lowest BCUT2D eigenvalue weighted by atomic mass is 9.76. The van der Waals surface area contributed by atoms with E-state index in [4.69, 9.17) is 30.3 Å². The Morgan fingerprint density at radius 1 is 0.903 bits per heavy atom. The highest BCUT2D eigenvalue weighted by Crippen LogP contribution is 2.43. The summed E-state index contributed by atoms with van der Waals surface area (Å²) < 4.78 is 19.4. The molecule has 31 heavy (non-hydrogen) atoms. The molecule has 2 heterocycles. The van der Waals surface area contributed by atoms with Crippen LogP contribution in [-0.2, 0) is 9.31 Å². The standard InChI is InChI=1S/C24H37BClNO3Si/c1-15(2)31(16(3)4,17(5)6)28-22-12-18-11-19(26)13-21(20(18)14-27-22)25-29-23(7,8)24(9,10)30-25/h11-17H,1-10H3. The molecule has 1 aromatic carbocycles. The second kappa shape index (κ2) is 8.36. The maximum Gasteiger partial charge on any atom is 0.495 e. The molecule has 170 valence electrons. The van der Waals surface area contributed by atoms with Gasteiger partial charge in [-0.05, 0) is 67.3 Å². The molecule has 0 radical (unpaired) electrons. The molecular formula is C24H37BClNO3Si. The minimum absolute atomic E-state index is 0.417. The summed E-state index contributed by atoms with van der Waals surface area (Å²) in [4.78, 5) is 4.73. The molecule has 0 unspecified atom stereocenters. The first-order chi connectivity index (χ1) is 14.2. The molecule has 7 heteroatoms. The minimum atomic E-state index is -2.09. The van der Waals surface area contributed by atoms with Crippen LogP contribution in [0.1, 0.15) is 69.2 Å². The number of fused-ring (bicyclic) bond motifs is 1. The van der Waals surface area contributed by atoms with Crippen molar-refractivity contribution >= 4 is 43.3 Å². The summed E-state index contributed by atoms with van der Waals surface area (Å²) in [5, 5.41) is 2.61. The lowest BCUT2D eigenvalue weighted by molar-refractivity contribution is 0.00578. The van der Waals surface area contributed by atoms with Gasteiger partial charge in [-0.25, -0.2) is 4.98 Å². The zero-order valence-electron chi connectivity index (χ0n) is 20.7. The number of nitrogens with zero attached hydrogens (tertiary/aromatic N) is 1. The highest BCUT2D eigenvalue weighted by molar-refractivity contribution is 6.78. The third-order valence-electron chi connectivity index (χ3n) is 7.30. The van der Waals surface area contributed by atoms with Crippen molar-refractivity contribution in [2.45, 2.75) is 97.1 Å². The molecule has 0 N–H and O–H groups in total. The van der Waals surface area contributed by atoms with Gasteiger partial charge in [0.05, 0.1) is 11.2 Å². The highest BCUT2D eigenvalue weighted by atomic mass is 35.5. The van der Waals surface area contributed by atoms with Gasteiger partial charge in [0.25, 0.3) is 8.32 Å². The zero-order chi connectivity index (χ0) is 23.4. The maximum atomic E-state index is 6.79. The lowest BCUT2D eigenvalue weighted by Crippen LogP contribution is -2.50. The molecule has 1 aromatic heterocycles. The summed E-state index contributed by atoms with van der Waals surface area (Å²) in [7, 11) is -2.58. The Morgan fingerprint density at radius 2 is 1.42 bits per heavy atom. The Labute approximate surface area is 194 Å². The van der Waals surface area contributed by atoms with E-state index in [0.29, 0.717) is 27.5 Å². The molecule has 0 amide bonds. The van der Waals surface area contributed by atoms with Gasteiger partial charge in [0.2, 0.25) is 0 Å². The first kappa shape index (κ1) is 24.6. The fourth-order valence-corrected chi connectivity index (χ4v) is 10.4. The van der Waals surface area contributed by atoms with Gasteiger partial charge in [0.1, 0.15) is 0 Å². The first-order valence-electron chi connectivity index (χ1n) is 11.3. The molecule has 0 atom stereocenters. The van der Waals surface area contributed by atoms with Crippen LogP contribution >= 0.6 is 11.6 Å². The number of pyridine rings is 1. The number of hydrogen-bond donors (Lipinski definition) is 0. The van der Waals surface area contributed by atoms with Crippen molar-refractivity contribution in [2.75, 3.05) is 0 Å². The quantitative estimate of drug-likeness (QED) is 0.446. The fourth-order valence-electron chi connectivity index (χ4n) is 4.98. The van der Waals surface area contributed by atoms with Crippen LogP contribution in [0.15, 0.2) is 24.4 Å². The number of hydrogen-bond acceptors (Lipinski definition) is 4. The highest BCUT2D eigenvalue weighted by Gasteiger charge is 2.52. The lowest BCUT2D eigenvalue weighted by Gasteiger charge is -2.41. The molecule has 0 aliphatic carbocycles. The smallest absolute Gasteiger partial charge is 0.495 e. The summed E-state index contributed by atoms with van der Waals surface area (Å²) in [5.41, 5.74) is 1.50. The van der Waals surface area contributed by atoms with E-state index in [1.165, 1.54) is 0 Å². The van der Waals surface area contributed by atoms with Crippen LogP contribution in [0.25, 0.3) is 10.8 Å². The molecule has 3 rings (SSSR count). The summed E-state index contributed by atoms with van der Waals surface area (Å²) in [6, 6.07) is 5.90. The van der Waals surface area contributed by atoms with Crippen molar-refractivity contribution < 1.29 is 13.7 Å². The van der Waals surface area contributed by atoms with Crippen LogP contribution in [0.3, 0.4) is 0 Å². The van der Waals surface area contributed by atoms with Gasteiger partial charge < -0.3 is 13.7 Å². The Bertz CT molecular complexity index is 923. The van der Waals surface area contributed by atoms with E-state index >= 15 is 0 Å². The van der Waals surface area contributed by atoms with Gasteiger partial charge in [-0.2, -0.15) is 0 Å². The van der Waals surface area contributed by atoms with Gasteiger partial charge in [-0.3, -0.25) is 0 Å². The second-order valence-electron chi connectivity index (χ2n) is 10.7. The predicted octanol–water partition coefficient (Wildman–Crippen LogP) is 6.74. The van der Waals surface area contributed by atoms with E-state index in [1.807, 2.05) is 24.4 Å². The molecule has 4 nitrogen and oxygen atoms in total. The average Bonchev–Trinajstić information content (AvgIpc) is 2.85. The van der Waals surface area contributed by atoms with E-state index in [1.54, 1.807) is 0 Å². The number of benzene rings is 1. The average molecular weight is 462 g/mol. The number of aromatic nitrogens is 1. The van der Waals surface area contributed by atoms with Crippen molar-refractivity contribution in [3.05, 3.63) is 29.4 Å².